The Bertz CT molecular complexity index is 2280. The van der Waals surface area contributed by atoms with Crippen LogP contribution in [0.3, 0.4) is 0 Å². The first-order chi connectivity index (χ1) is 19.4. The molecular weight excluding hydrogens is 486 g/mol. The van der Waals surface area contributed by atoms with Gasteiger partial charge < -0.3 is 0 Å². The molecule has 0 radical (unpaired) electrons. The fourth-order valence-electron chi connectivity index (χ4n) is 6.49. The average Bonchev–Trinajstić information content (AvgIpc) is 3.28. The molecule has 9 rings (SSSR count). The molecule has 1 aliphatic carbocycles. The van der Waals surface area contributed by atoms with Crippen LogP contribution < -0.4 is 0 Å². The van der Waals surface area contributed by atoms with Gasteiger partial charge in [0, 0.05) is 16.3 Å². The van der Waals surface area contributed by atoms with Gasteiger partial charge in [-0.05, 0) is 57.3 Å². The van der Waals surface area contributed by atoms with Gasteiger partial charge in [0.2, 0.25) is 0 Å². The molecule has 6 aromatic carbocycles. The van der Waals surface area contributed by atoms with Crippen molar-refractivity contribution in [3.05, 3.63) is 127 Å². The van der Waals surface area contributed by atoms with Crippen LogP contribution in [-0.2, 0) is 0 Å². The molecule has 0 amide bonds. The van der Waals surface area contributed by atoms with Gasteiger partial charge in [0.15, 0.2) is 5.82 Å². The fourth-order valence-corrected chi connectivity index (χ4v) is 6.49. The van der Waals surface area contributed by atoms with E-state index in [1.165, 1.54) is 43.8 Å². The Kier molecular flexibility index (Phi) is 4.74. The molecule has 2 heterocycles. The summed E-state index contributed by atoms with van der Waals surface area (Å²) in [5, 5.41) is 5.09. The molecule has 0 spiro atoms. The molecular formula is C37H25N3. The van der Waals surface area contributed by atoms with Crippen molar-refractivity contribution >= 4 is 43.6 Å². The minimum absolute atomic E-state index is 0. The van der Waals surface area contributed by atoms with Crippen LogP contribution in [0.1, 0.15) is 7.43 Å². The number of para-hydroxylation sites is 2. The maximum Gasteiger partial charge on any atom is 0.165 e. The van der Waals surface area contributed by atoms with E-state index in [1.54, 1.807) is 0 Å². The quantitative estimate of drug-likeness (QED) is 0.231. The molecule has 3 nitrogen and oxygen atoms in total. The summed E-state index contributed by atoms with van der Waals surface area (Å²) in [5.41, 5.74) is 11.1. The highest BCUT2D eigenvalue weighted by molar-refractivity contribution is 6.30. The minimum atomic E-state index is 0. The lowest BCUT2D eigenvalue weighted by Gasteiger charge is -2.15. The van der Waals surface area contributed by atoms with E-state index in [1.807, 2.05) is 30.3 Å². The maximum atomic E-state index is 5.29. The normalized spacial score (nSPS) is 11.8. The van der Waals surface area contributed by atoms with E-state index in [4.69, 9.17) is 9.97 Å². The van der Waals surface area contributed by atoms with Gasteiger partial charge in [0.05, 0.1) is 22.1 Å². The lowest BCUT2D eigenvalue weighted by molar-refractivity contribution is 1.08. The van der Waals surface area contributed by atoms with Crippen LogP contribution >= 0.6 is 0 Å². The molecule has 1 aliphatic rings. The van der Waals surface area contributed by atoms with Crippen molar-refractivity contribution in [1.29, 1.82) is 0 Å². The van der Waals surface area contributed by atoms with Gasteiger partial charge in [-0.1, -0.05) is 111 Å². The summed E-state index contributed by atoms with van der Waals surface area (Å²) in [6.45, 7) is 0. The Labute approximate surface area is 232 Å². The molecule has 40 heavy (non-hydrogen) atoms. The molecule has 2 aromatic heterocycles. The van der Waals surface area contributed by atoms with Crippen LogP contribution in [0, 0.1) is 0 Å². The van der Waals surface area contributed by atoms with Crippen LogP contribution in [0.15, 0.2) is 127 Å². The predicted molar refractivity (Wildman–Crippen MR) is 168 cm³/mol. The van der Waals surface area contributed by atoms with Crippen LogP contribution in [-0.4, -0.2) is 14.5 Å². The van der Waals surface area contributed by atoms with Crippen molar-refractivity contribution in [3.63, 3.8) is 0 Å². The third kappa shape index (κ3) is 2.95. The number of nitrogens with zero attached hydrogens (tertiary/aromatic N) is 3. The standard InChI is InChI=1S/C36H21N3.CH4/c1-2-10-23(11-3-1)35-36(38-29-18-7-6-17-28(29)37-35)39-30-19-9-16-27-25-14-5-4-13-24(25)26-15-8-12-22-20-21-31(39)34(32(22)26)33(27)30;/h1-21H;1H4. The van der Waals surface area contributed by atoms with E-state index in [2.05, 4.69) is 102 Å². The van der Waals surface area contributed by atoms with Crippen molar-refractivity contribution in [2.75, 3.05) is 0 Å². The van der Waals surface area contributed by atoms with Crippen LogP contribution in [0.25, 0.3) is 82.9 Å². The molecule has 0 bridgehead atoms. The summed E-state index contributed by atoms with van der Waals surface area (Å²) in [7, 11) is 0. The smallest absolute Gasteiger partial charge is 0.165 e. The van der Waals surface area contributed by atoms with Crippen molar-refractivity contribution < 1.29 is 0 Å². The number of hydrogen-bond donors (Lipinski definition) is 0. The lowest BCUT2D eigenvalue weighted by Crippen LogP contribution is -2.03. The Morgan fingerprint density at radius 2 is 1.02 bits per heavy atom. The second-order valence-electron chi connectivity index (χ2n) is 10.2. The second-order valence-corrected chi connectivity index (χ2v) is 10.2. The molecule has 0 fully saturated rings. The predicted octanol–water partition coefficient (Wildman–Crippen LogP) is 9.83. The highest BCUT2D eigenvalue weighted by atomic mass is 15.1. The molecule has 8 aromatic rings. The first kappa shape index (κ1) is 22.7. The van der Waals surface area contributed by atoms with E-state index in [0.29, 0.717) is 0 Å². The minimum Gasteiger partial charge on any atom is -0.292 e. The van der Waals surface area contributed by atoms with Gasteiger partial charge in [0.1, 0.15) is 5.69 Å². The molecule has 0 saturated heterocycles. The molecule has 0 atom stereocenters. The maximum absolute atomic E-state index is 5.29. The highest BCUT2D eigenvalue weighted by Gasteiger charge is 2.26. The summed E-state index contributed by atoms with van der Waals surface area (Å²) in [5.74, 6) is 0.850. The number of fused-ring (bicyclic) bond motifs is 4. The zero-order chi connectivity index (χ0) is 25.5. The summed E-state index contributed by atoms with van der Waals surface area (Å²) in [4.78, 5) is 10.5. The van der Waals surface area contributed by atoms with Gasteiger partial charge in [-0.15, -0.1) is 0 Å². The van der Waals surface area contributed by atoms with Gasteiger partial charge in [-0.2, -0.15) is 0 Å². The van der Waals surface area contributed by atoms with Gasteiger partial charge >= 0.3 is 0 Å². The van der Waals surface area contributed by atoms with E-state index in [0.717, 1.165) is 39.1 Å². The second kappa shape index (κ2) is 8.36. The SMILES string of the molecule is C.c1ccc(-c2nc3ccccc3nc2-n2c3cccc4c3c3c5c(cccc5ccc32)-c2ccccc2-4)cc1. The number of hydrogen-bond acceptors (Lipinski definition) is 2. The Hall–Kier alpha value is -5.28. The van der Waals surface area contributed by atoms with Crippen LogP contribution in [0.2, 0.25) is 0 Å². The van der Waals surface area contributed by atoms with Crippen LogP contribution in [0.5, 0.6) is 0 Å². The third-order valence-corrected chi connectivity index (χ3v) is 8.12. The van der Waals surface area contributed by atoms with Gasteiger partial charge in [-0.3, -0.25) is 4.57 Å². The van der Waals surface area contributed by atoms with Crippen molar-refractivity contribution in [1.82, 2.24) is 14.5 Å². The first-order valence-corrected chi connectivity index (χ1v) is 13.3. The molecule has 0 aliphatic heterocycles. The van der Waals surface area contributed by atoms with Crippen molar-refractivity contribution in [2.24, 2.45) is 0 Å². The number of aromatic nitrogens is 3. The monoisotopic (exact) mass is 511 g/mol. The number of benzene rings is 6. The van der Waals surface area contributed by atoms with E-state index in [9.17, 15) is 0 Å². The number of rotatable bonds is 2. The fraction of sp³-hybridized carbons (Fsp3) is 0.0270. The molecule has 3 heteroatoms. The van der Waals surface area contributed by atoms with Crippen molar-refractivity contribution in [2.45, 2.75) is 7.43 Å². The summed E-state index contributed by atoms with van der Waals surface area (Å²) in [6, 6.07) is 45.2. The molecule has 0 unspecified atom stereocenters. The van der Waals surface area contributed by atoms with Crippen molar-refractivity contribution in [3.8, 4) is 39.3 Å². The largest absolute Gasteiger partial charge is 0.292 e. The third-order valence-electron chi connectivity index (χ3n) is 8.12. The Morgan fingerprint density at radius 1 is 0.425 bits per heavy atom. The molecule has 0 saturated carbocycles. The molecule has 188 valence electrons. The lowest BCUT2D eigenvalue weighted by atomic mass is 9.93. The van der Waals surface area contributed by atoms with E-state index in [-0.39, 0.29) is 7.43 Å². The molecule has 0 N–H and O–H groups in total. The van der Waals surface area contributed by atoms with Gasteiger partial charge in [0.25, 0.3) is 0 Å². The summed E-state index contributed by atoms with van der Waals surface area (Å²) in [6.07, 6.45) is 0. The highest BCUT2D eigenvalue weighted by Crippen LogP contribution is 2.49. The first-order valence-electron chi connectivity index (χ1n) is 13.3. The van der Waals surface area contributed by atoms with E-state index >= 15 is 0 Å². The summed E-state index contributed by atoms with van der Waals surface area (Å²) < 4.78 is 2.33. The average molecular weight is 512 g/mol. The topological polar surface area (TPSA) is 30.7 Å². The zero-order valence-corrected chi connectivity index (χ0v) is 21.0. The van der Waals surface area contributed by atoms with Crippen LogP contribution in [0.4, 0.5) is 0 Å². The summed E-state index contributed by atoms with van der Waals surface area (Å²) >= 11 is 0. The Morgan fingerprint density at radius 3 is 1.80 bits per heavy atom. The zero-order valence-electron chi connectivity index (χ0n) is 21.0. The van der Waals surface area contributed by atoms with Gasteiger partial charge in [-0.25, -0.2) is 9.97 Å². The Balaban J connectivity index is 0.00000245. The van der Waals surface area contributed by atoms with E-state index < -0.39 is 0 Å².